The zero-order valence-corrected chi connectivity index (χ0v) is 21.9. The van der Waals surface area contributed by atoms with Crippen LogP contribution < -0.4 is 0 Å². The second-order valence-corrected chi connectivity index (χ2v) is 13.1. The summed E-state index contributed by atoms with van der Waals surface area (Å²) in [7, 11) is -10.3. The first kappa shape index (κ1) is 26.5. The Bertz CT molecular complexity index is 1800. The van der Waals surface area contributed by atoms with Gasteiger partial charge in [-0.2, -0.15) is 0 Å². The third-order valence-corrected chi connectivity index (χ3v) is 11.4. The Morgan fingerprint density at radius 2 is 1.33 bits per heavy atom. The minimum Gasteiger partial charge on any atom is -0.436 e. The summed E-state index contributed by atoms with van der Waals surface area (Å²) in [4.78, 5) is 3.37. The molecule has 0 bridgehead atoms. The van der Waals surface area contributed by atoms with E-state index in [4.69, 9.17) is 4.42 Å². The molecule has 4 aromatic carbocycles. The molecular weight excluding hydrogens is 544 g/mol. The molecule has 39 heavy (non-hydrogen) atoms. The van der Waals surface area contributed by atoms with Gasteiger partial charge in [0.2, 0.25) is 25.6 Å². The number of fused-ring (bicyclic) bond motifs is 1. The highest BCUT2D eigenvalue weighted by Crippen LogP contribution is 2.48. The molecule has 5 rings (SSSR count). The number of alkyl halides is 1. The van der Waals surface area contributed by atoms with Crippen molar-refractivity contribution in [3.63, 3.8) is 0 Å². The van der Waals surface area contributed by atoms with E-state index in [1.807, 2.05) is 0 Å². The molecule has 0 amide bonds. The number of allylic oxidation sites excluding steroid dienone is 1. The van der Waals surface area contributed by atoms with Gasteiger partial charge in [0.25, 0.3) is 0 Å². The summed E-state index contributed by atoms with van der Waals surface area (Å²) in [6, 6.07) is 22.7. The van der Waals surface area contributed by atoms with Crippen molar-refractivity contribution in [2.24, 2.45) is 0 Å². The van der Waals surface area contributed by atoms with Crippen molar-refractivity contribution in [1.82, 2.24) is 4.98 Å². The summed E-state index contributed by atoms with van der Waals surface area (Å²) >= 11 is 0. The number of oxazole rings is 1. The van der Waals surface area contributed by atoms with Crippen molar-refractivity contribution in [3.8, 4) is 11.5 Å². The lowest BCUT2D eigenvalue weighted by molar-refractivity contribution is 0.331. The first-order valence-corrected chi connectivity index (χ1v) is 14.6. The summed E-state index contributed by atoms with van der Waals surface area (Å²) in [5.74, 6) is -2.15. The Kier molecular flexibility index (Phi) is 6.69. The van der Waals surface area contributed by atoms with Crippen LogP contribution in [0.5, 0.6) is 0 Å². The normalized spacial score (nSPS) is 13.3. The van der Waals surface area contributed by atoms with Crippen LogP contribution in [0, 0.1) is 5.82 Å². The second-order valence-electron chi connectivity index (χ2n) is 8.68. The standard InChI is InChI=1S/C29H21F2NO5S2/c1-2-25(21-15-18-27-26(19-21)32-28(37-27)20-13-16-22(30)17-14-20)29(31,38(33,34)23-9-5-3-6-10-23)39(35,36)24-11-7-4-8-12-24/h2-19,25H,1H2/t25-/m0/s1. The van der Waals surface area contributed by atoms with E-state index in [1.165, 1.54) is 78.9 Å². The SMILES string of the molecule is C=C[C@@H](c1ccc2oc(-c3ccc(F)cc3)nc2c1)C(F)(S(=O)(=O)c1ccccc1)S(=O)(=O)c1ccccc1. The molecule has 6 nitrogen and oxygen atoms in total. The Morgan fingerprint density at radius 3 is 1.85 bits per heavy atom. The van der Waals surface area contributed by atoms with Gasteiger partial charge in [-0.25, -0.2) is 30.6 Å². The maximum atomic E-state index is 17.5. The largest absolute Gasteiger partial charge is 0.436 e. The molecule has 0 spiro atoms. The average molecular weight is 566 g/mol. The third-order valence-electron chi connectivity index (χ3n) is 6.31. The quantitative estimate of drug-likeness (QED) is 0.200. The van der Waals surface area contributed by atoms with E-state index in [9.17, 15) is 21.2 Å². The van der Waals surface area contributed by atoms with Crippen LogP contribution in [0.4, 0.5) is 8.78 Å². The monoisotopic (exact) mass is 565 g/mol. The molecule has 0 radical (unpaired) electrons. The summed E-state index contributed by atoms with van der Waals surface area (Å²) in [5, 5.41) is 0. The van der Waals surface area contributed by atoms with Crippen LogP contribution in [0.15, 0.2) is 130 Å². The summed E-state index contributed by atoms with van der Waals surface area (Å²) in [6.45, 7) is 3.61. The lowest BCUT2D eigenvalue weighted by Gasteiger charge is -2.31. The highest BCUT2D eigenvalue weighted by molar-refractivity contribution is 8.10. The number of hydrogen-bond donors (Lipinski definition) is 0. The van der Waals surface area contributed by atoms with E-state index in [2.05, 4.69) is 11.6 Å². The van der Waals surface area contributed by atoms with Gasteiger partial charge in [-0.1, -0.05) is 48.5 Å². The van der Waals surface area contributed by atoms with Crippen molar-refractivity contribution in [2.75, 3.05) is 0 Å². The van der Waals surface area contributed by atoms with E-state index in [1.54, 1.807) is 0 Å². The van der Waals surface area contributed by atoms with Gasteiger partial charge in [-0.05, 0) is 66.2 Å². The number of benzene rings is 4. The van der Waals surface area contributed by atoms with Crippen LogP contribution in [0.3, 0.4) is 0 Å². The van der Waals surface area contributed by atoms with Crippen molar-refractivity contribution < 1.29 is 30.0 Å². The Balaban J connectivity index is 1.71. The highest BCUT2D eigenvalue weighted by Gasteiger charge is 2.62. The molecule has 0 N–H and O–H groups in total. The minimum absolute atomic E-state index is 0.00188. The molecule has 1 aromatic heterocycles. The van der Waals surface area contributed by atoms with Crippen molar-refractivity contribution in [2.45, 2.75) is 20.0 Å². The number of hydrogen-bond acceptors (Lipinski definition) is 6. The average Bonchev–Trinajstić information content (AvgIpc) is 3.38. The zero-order chi connectivity index (χ0) is 27.8. The topological polar surface area (TPSA) is 94.3 Å². The molecule has 0 aliphatic heterocycles. The van der Waals surface area contributed by atoms with Crippen molar-refractivity contribution in [1.29, 1.82) is 0 Å². The first-order chi connectivity index (χ1) is 18.6. The van der Waals surface area contributed by atoms with Crippen LogP contribution in [0.1, 0.15) is 11.5 Å². The summed E-state index contributed by atoms with van der Waals surface area (Å²) in [6.07, 6.45) is 0.961. The van der Waals surface area contributed by atoms with Crippen LogP contribution in [0.25, 0.3) is 22.6 Å². The number of halogens is 2. The predicted molar refractivity (Wildman–Crippen MR) is 143 cm³/mol. The number of sulfone groups is 2. The number of aromatic nitrogens is 1. The number of nitrogens with zero attached hydrogens (tertiary/aromatic N) is 1. The molecule has 0 saturated heterocycles. The van der Waals surface area contributed by atoms with Crippen molar-refractivity contribution in [3.05, 3.63) is 127 Å². The smallest absolute Gasteiger partial charge is 0.327 e. The Labute approximate surface area is 224 Å². The van der Waals surface area contributed by atoms with Gasteiger partial charge in [-0.15, -0.1) is 6.58 Å². The van der Waals surface area contributed by atoms with E-state index < -0.39 is 45.5 Å². The third kappa shape index (κ3) is 4.35. The lowest BCUT2D eigenvalue weighted by atomic mass is 10.00. The first-order valence-electron chi connectivity index (χ1n) is 11.7. The number of rotatable bonds is 8. The van der Waals surface area contributed by atoms with E-state index in [-0.39, 0.29) is 22.6 Å². The molecule has 0 unspecified atom stereocenters. The van der Waals surface area contributed by atoms with Gasteiger partial charge >= 0.3 is 4.33 Å². The highest BCUT2D eigenvalue weighted by atomic mass is 32.3. The summed E-state index contributed by atoms with van der Waals surface area (Å²) < 4.78 is 88.1. The Hall–Kier alpha value is -4.15. The molecule has 0 aliphatic rings. The van der Waals surface area contributed by atoms with Crippen molar-refractivity contribution >= 4 is 30.8 Å². The lowest BCUT2D eigenvalue weighted by Crippen LogP contribution is -2.47. The molecule has 0 fully saturated rings. The molecule has 10 heteroatoms. The molecule has 1 heterocycles. The molecular formula is C29H21F2NO5S2. The van der Waals surface area contributed by atoms with Gasteiger partial charge in [0.15, 0.2) is 5.58 Å². The van der Waals surface area contributed by atoms with Gasteiger partial charge in [0.05, 0.1) is 15.7 Å². The van der Waals surface area contributed by atoms with Crippen LogP contribution in [-0.4, -0.2) is 26.2 Å². The second kappa shape index (κ2) is 9.87. The Morgan fingerprint density at radius 1 is 0.795 bits per heavy atom. The molecule has 0 saturated carbocycles. The maximum Gasteiger partial charge on any atom is 0.327 e. The zero-order valence-electron chi connectivity index (χ0n) is 20.2. The van der Waals surface area contributed by atoms with Gasteiger partial charge in [0.1, 0.15) is 11.3 Å². The van der Waals surface area contributed by atoms with Crippen LogP contribution >= 0.6 is 0 Å². The molecule has 1 atom stereocenters. The van der Waals surface area contributed by atoms with Crippen LogP contribution in [0.2, 0.25) is 0 Å². The minimum atomic E-state index is -5.17. The van der Waals surface area contributed by atoms with E-state index in [0.717, 1.165) is 30.3 Å². The maximum absolute atomic E-state index is 17.5. The molecule has 0 aliphatic carbocycles. The van der Waals surface area contributed by atoms with E-state index in [0.29, 0.717) is 5.56 Å². The molecule has 5 aromatic rings. The van der Waals surface area contributed by atoms with Gasteiger partial charge < -0.3 is 4.42 Å². The fourth-order valence-corrected chi connectivity index (χ4v) is 8.87. The predicted octanol–water partition coefficient (Wildman–Crippen LogP) is 6.47. The van der Waals surface area contributed by atoms with Crippen LogP contribution in [-0.2, 0) is 19.7 Å². The van der Waals surface area contributed by atoms with E-state index >= 15 is 4.39 Å². The van der Waals surface area contributed by atoms with Gasteiger partial charge in [-0.3, -0.25) is 0 Å². The molecule has 198 valence electrons. The summed E-state index contributed by atoms with van der Waals surface area (Å²) in [5.41, 5.74) is 0.975. The fourth-order valence-electron chi connectivity index (χ4n) is 4.33. The fraction of sp³-hybridized carbons (Fsp3) is 0.0690. The van der Waals surface area contributed by atoms with Gasteiger partial charge in [0, 0.05) is 5.56 Å².